The summed E-state index contributed by atoms with van der Waals surface area (Å²) in [6, 6.07) is 3.23. The largest absolute Gasteiger partial charge is 0.381 e. The molecule has 29 heavy (non-hydrogen) atoms. The minimum Gasteiger partial charge on any atom is -0.381 e. The van der Waals surface area contributed by atoms with Gasteiger partial charge in [0.2, 0.25) is 5.95 Å². The highest BCUT2D eigenvalue weighted by Crippen LogP contribution is 2.37. The molecule has 3 fully saturated rings. The van der Waals surface area contributed by atoms with E-state index in [4.69, 9.17) is 20.6 Å². The Morgan fingerprint density at radius 3 is 2.62 bits per heavy atom. The first kappa shape index (κ1) is 19.0. The molecule has 3 aliphatic rings. The van der Waals surface area contributed by atoms with Crippen molar-refractivity contribution in [1.82, 2.24) is 19.7 Å². The number of hydrogen-bond donors (Lipinski definition) is 2. The van der Waals surface area contributed by atoms with Gasteiger partial charge in [0.05, 0.1) is 17.9 Å². The molecule has 7 nitrogen and oxygen atoms in total. The Hall–Kier alpha value is -1.99. The standard InChI is InChI=1S/C22H32N6O/c23-16-3-5-17(6-4-16)26-22-24-10-7-20(27-22)19-14-25-28(18-8-11-29-12-9-18)21(19)13-15-1-2-15/h7,10,14-18H,1-6,8-9,11-13,23H2,(H,24,26,27)/t16-,17-. The van der Waals surface area contributed by atoms with Crippen LogP contribution in [-0.4, -0.2) is 45.0 Å². The molecule has 1 aliphatic heterocycles. The minimum absolute atomic E-state index is 0.348. The molecule has 2 aliphatic carbocycles. The highest BCUT2D eigenvalue weighted by molar-refractivity contribution is 5.62. The van der Waals surface area contributed by atoms with Crippen molar-refractivity contribution in [1.29, 1.82) is 0 Å². The monoisotopic (exact) mass is 396 g/mol. The average molecular weight is 397 g/mol. The summed E-state index contributed by atoms with van der Waals surface area (Å²) in [5.74, 6) is 1.52. The molecule has 0 bridgehead atoms. The topological polar surface area (TPSA) is 90.9 Å². The number of aromatic nitrogens is 4. The third-order valence-corrected chi connectivity index (χ3v) is 6.65. The lowest BCUT2D eigenvalue weighted by Crippen LogP contribution is -2.33. The van der Waals surface area contributed by atoms with Crippen LogP contribution in [-0.2, 0) is 11.2 Å². The first-order valence-electron chi connectivity index (χ1n) is 11.3. The van der Waals surface area contributed by atoms with Crippen molar-refractivity contribution in [3.63, 3.8) is 0 Å². The molecule has 7 heteroatoms. The molecule has 2 aromatic rings. The Labute approximate surface area is 172 Å². The van der Waals surface area contributed by atoms with E-state index < -0.39 is 0 Å². The smallest absolute Gasteiger partial charge is 0.223 e. The van der Waals surface area contributed by atoms with E-state index in [1.807, 2.05) is 18.5 Å². The van der Waals surface area contributed by atoms with E-state index in [0.29, 0.717) is 18.1 Å². The van der Waals surface area contributed by atoms with Crippen LogP contribution in [0.5, 0.6) is 0 Å². The third-order valence-electron chi connectivity index (χ3n) is 6.65. The van der Waals surface area contributed by atoms with Crippen molar-refractivity contribution < 1.29 is 4.74 Å². The summed E-state index contributed by atoms with van der Waals surface area (Å²) in [6.07, 6.45) is 14.0. The van der Waals surface area contributed by atoms with Gasteiger partial charge in [-0.05, 0) is 69.8 Å². The van der Waals surface area contributed by atoms with Crippen LogP contribution in [0.2, 0.25) is 0 Å². The maximum Gasteiger partial charge on any atom is 0.223 e. The van der Waals surface area contributed by atoms with Crippen LogP contribution < -0.4 is 11.1 Å². The fourth-order valence-corrected chi connectivity index (χ4v) is 4.67. The number of nitrogens with two attached hydrogens (primary N) is 1. The van der Waals surface area contributed by atoms with Gasteiger partial charge in [-0.25, -0.2) is 9.97 Å². The second kappa shape index (κ2) is 8.40. The van der Waals surface area contributed by atoms with E-state index >= 15 is 0 Å². The fraction of sp³-hybridized carbons (Fsp3) is 0.682. The summed E-state index contributed by atoms with van der Waals surface area (Å²) in [7, 11) is 0. The number of hydrogen-bond acceptors (Lipinski definition) is 6. The molecular formula is C22H32N6O. The summed E-state index contributed by atoms with van der Waals surface area (Å²) in [6.45, 7) is 1.66. The van der Waals surface area contributed by atoms with Crippen molar-refractivity contribution >= 4 is 5.95 Å². The molecule has 2 aromatic heterocycles. The van der Waals surface area contributed by atoms with Gasteiger partial charge in [0, 0.05) is 42.8 Å². The maximum absolute atomic E-state index is 6.04. The van der Waals surface area contributed by atoms with Gasteiger partial charge in [0.15, 0.2) is 0 Å². The zero-order valence-electron chi connectivity index (χ0n) is 17.1. The summed E-state index contributed by atoms with van der Waals surface area (Å²) in [5.41, 5.74) is 9.52. The molecule has 0 unspecified atom stereocenters. The van der Waals surface area contributed by atoms with E-state index in [2.05, 4.69) is 15.0 Å². The molecule has 0 radical (unpaired) electrons. The van der Waals surface area contributed by atoms with Crippen LogP contribution in [0.3, 0.4) is 0 Å². The zero-order valence-corrected chi connectivity index (χ0v) is 17.1. The van der Waals surface area contributed by atoms with Crippen LogP contribution in [0.4, 0.5) is 5.95 Å². The Morgan fingerprint density at radius 1 is 1.07 bits per heavy atom. The van der Waals surface area contributed by atoms with E-state index in [1.165, 1.54) is 24.1 Å². The zero-order chi connectivity index (χ0) is 19.6. The Kier molecular flexibility index (Phi) is 5.50. The number of ether oxygens (including phenoxy) is 1. The van der Waals surface area contributed by atoms with Crippen molar-refractivity contribution in [2.45, 2.75) is 75.9 Å². The number of nitrogens with zero attached hydrogens (tertiary/aromatic N) is 4. The normalized spacial score (nSPS) is 25.8. The van der Waals surface area contributed by atoms with Gasteiger partial charge in [-0.1, -0.05) is 0 Å². The fourth-order valence-electron chi connectivity index (χ4n) is 4.67. The van der Waals surface area contributed by atoms with Crippen LogP contribution >= 0.6 is 0 Å². The first-order valence-corrected chi connectivity index (χ1v) is 11.3. The van der Waals surface area contributed by atoms with Crippen LogP contribution in [0.15, 0.2) is 18.5 Å². The lowest BCUT2D eigenvalue weighted by Gasteiger charge is -2.26. The molecule has 0 amide bonds. The quantitative estimate of drug-likeness (QED) is 0.778. The van der Waals surface area contributed by atoms with Crippen LogP contribution in [0.25, 0.3) is 11.3 Å². The number of nitrogens with one attached hydrogen (secondary N) is 1. The molecule has 1 saturated heterocycles. The molecule has 156 valence electrons. The SMILES string of the molecule is N[C@H]1CC[C@H](Nc2nccc(-c3cnn(C4CCOCC4)c3CC3CC3)n2)CC1. The molecule has 0 aromatic carbocycles. The van der Waals surface area contributed by atoms with Gasteiger partial charge >= 0.3 is 0 Å². The molecule has 3 N–H and O–H groups in total. The van der Waals surface area contributed by atoms with Gasteiger partial charge in [0.1, 0.15) is 0 Å². The average Bonchev–Trinajstić information content (AvgIpc) is 3.48. The highest BCUT2D eigenvalue weighted by Gasteiger charge is 2.29. The van der Waals surface area contributed by atoms with Crippen LogP contribution in [0.1, 0.15) is 63.1 Å². The number of rotatable bonds is 6. The lowest BCUT2D eigenvalue weighted by atomic mass is 9.92. The summed E-state index contributed by atoms with van der Waals surface area (Å²) < 4.78 is 7.83. The molecule has 3 heterocycles. The Morgan fingerprint density at radius 2 is 1.86 bits per heavy atom. The molecular weight excluding hydrogens is 364 g/mol. The van der Waals surface area contributed by atoms with Gasteiger partial charge in [-0.3, -0.25) is 4.68 Å². The molecule has 0 atom stereocenters. The van der Waals surface area contributed by atoms with E-state index in [-0.39, 0.29) is 0 Å². The summed E-state index contributed by atoms with van der Waals surface area (Å²) in [4.78, 5) is 9.35. The highest BCUT2D eigenvalue weighted by atomic mass is 16.5. The second-order valence-electron chi connectivity index (χ2n) is 8.96. The molecule has 0 spiro atoms. The van der Waals surface area contributed by atoms with Crippen LogP contribution in [0, 0.1) is 5.92 Å². The number of anilines is 1. The lowest BCUT2D eigenvalue weighted by molar-refractivity contribution is 0.0654. The Balaban J connectivity index is 1.39. The summed E-state index contributed by atoms with van der Waals surface area (Å²) in [5, 5.41) is 8.35. The maximum atomic E-state index is 6.04. The van der Waals surface area contributed by atoms with Gasteiger partial charge in [-0.2, -0.15) is 5.10 Å². The summed E-state index contributed by atoms with van der Waals surface area (Å²) >= 11 is 0. The predicted octanol–water partition coefficient (Wildman–Crippen LogP) is 3.33. The molecule has 5 rings (SSSR count). The Bertz CT molecular complexity index is 818. The van der Waals surface area contributed by atoms with Crippen molar-refractivity contribution in [3.05, 3.63) is 24.2 Å². The third kappa shape index (κ3) is 4.46. The van der Waals surface area contributed by atoms with Gasteiger partial charge < -0.3 is 15.8 Å². The van der Waals surface area contributed by atoms with Gasteiger partial charge in [-0.15, -0.1) is 0 Å². The van der Waals surface area contributed by atoms with E-state index in [0.717, 1.165) is 75.7 Å². The molecule has 2 saturated carbocycles. The van der Waals surface area contributed by atoms with E-state index in [9.17, 15) is 0 Å². The van der Waals surface area contributed by atoms with Crippen molar-refractivity contribution in [2.75, 3.05) is 18.5 Å². The predicted molar refractivity (Wildman–Crippen MR) is 113 cm³/mol. The van der Waals surface area contributed by atoms with E-state index in [1.54, 1.807) is 0 Å². The van der Waals surface area contributed by atoms with Crippen molar-refractivity contribution in [2.24, 2.45) is 11.7 Å². The van der Waals surface area contributed by atoms with Crippen molar-refractivity contribution in [3.8, 4) is 11.3 Å². The minimum atomic E-state index is 0.348. The first-order chi connectivity index (χ1) is 14.3. The second-order valence-corrected chi connectivity index (χ2v) is 8.96. The van der Waals surface area contributed by atoms with Gasteiger partial charge in [0.25, 0.3) is 0 Å².